The van der Waals surface area contributed by atoms with Crippen molar-refractivity contribution in [1.82, 2.24) is 25.5 Å². The molecule has 5 rings (SSSR count). The Kier molecular flexibility index (Phi) is 11.9. The van der Waals surface area contributed by atoms with Gasteiger partial charge in [-0.3, -0.25) is 9.59 Å². The predicted molar refractivity (Wildman–Crippen MR) is 168 cm³/mol. The Bertz CT molecular complexity index is 1210. The largest absolute Gasteiger partial charge is 0.436 e. The predicted octanol–water partition coefficient (Wildman–Crippen LogP) is 3.26. The number of hydrogen-bond acceptors (Lipinski definition) is 7. The van der Waals surface area contributed by atoms with Crippen molar-refractivity contribution in [2.45, 2.75) is 114 Å². The van der Waals surface area contributed by atoms with E-state index in [2.05, 4.69) is 20.6 Å². The standard InChI is InChI=1S/C34H49N5O6/c40-30(25-14-15-25)31(41)27(18-23-10-4-1-5-11-23)37-32(42)28(20-26-21-35-22-36-26)38-33(43)29(19-24-12-6-2-7-13-24)45-34(44)39-16-8-3-9-17-39/h2,6-7,12-13,21-23,25,27-31,40-41H,1,3-5,8-11,14-20H2,(H,35,36)(H,37,42)(H,38,43)/t27-,28-,29-,30-,31+/m0/s1. The van der Waals surface area contributed by atoms with E-state index in [1.807, 2.05) is 30.3 Å². The number of hydrogen-bond donors (Lipinski definition) is 5. The van der Waals surface area contributed by atoms with Gasteiger partial charge in [0, 0.05) is 37.8 Å². The van der Waals surface area contributed by atoms with Gasteiger partial charge in [-0.05, 0) is 55.9 Å². The first kappa shape index (κ1) is 32.9. The molecule has 0 radical (unpaired) electrons. The van der Waals surface area contributed by atoms with Crippen LogP contribution in [0, 0.1) is 11.8 Å². The summed E-state index contributed by atoms with van der Waals surface area (Å²) < 4.78 is 5.81. The number of amides is 3. The number of aromatic nitrogens is 2. The second kappa shape index (κ2) is 16.2. The highest BCUT2D eigenvalue weighted by Gasteiger charge is 2.40. The molecule has 5 N–H and O–H groups in total. The van der Waals surface area contributed by atoms with Crippen LogP contribution in [0.2, 0.25) is 0 Å². The number of benzene rings is 1. The molecule has 0 spiro atoms. The number of aliphatic hydroxyl groups is 2. The maximum absolute atomic E-state index is 14.0. The highest BCUT2D eigenvalue weighted by molar-refractivity contribution is 5.90. The van der Waals surface area contributed by atoms with E-state index in [-0.39, 0.29) is 18.8 Å². The third kappa shape index (κ3) is 9.77. The molecule has 11 nitrogen and oxygen atoms in total. The Morgan fingerprint density at radius 1 is 0.911 bits per heavy atom. The van der Waals surface area contributed by atoms with Crippen molar-refractivity contribution in [2.24, 2.45) is 11.8 Å². The van der Waals surface area contributed by atoms with E-state index in [0.29, 0.717) is 31.1 Å². The fourth-order valence-corrected chi connectivity index (χ4v) is 6.68. The van der Waals surface area contributed by atoms with Crippen LogP contribution in [0.3, 0.4) is 0 Å². The molecule has 3 aliphatic rings. The van der Waals surface area contributed by atoms with E-state index >= 15 is 0 Å². The van der Waals surface area contributed by atoms with Gasteiger partial charge in [0.15, 0.2) is 6.10 Å². The number of aromatic amines is 1. The van der Waals surface area contributed by atoms with Crippen LogP contribution in [0.5, 0.6) is 0 Å². The SMILES string of the molecule is O=C(N[C@@H](CC1CCCCC1)[C@@H](O)[C@@H](O)C1CC1)[C@H](Cc1cnc[nH]1)NC(=O)[C@H](Cc1ccccc1)OC(=O)N1CCCCC1. The first-order chi connectivity index (χ1) is 21.9. The number of piperidine rings is 1. The maximum atomic E-state index is 14.0. The molecule has 1 aliphatic heterocycles. The van der Waals surface area contributed by atoms with Gasteiger partial charge in [-0.2, -0.15) is 0 Å². The van der Waals surface area contributed by atoms with Crippen LogP contribution in [0.25, 0.3) is 0 Å². The summed E-state index contributed by atoms with van der Waals surface area (Å²) in [4.78, 5) is 49.6. The van der Waals surface area contributed by atoms with Crippen LogP contribution in [0.15, 0.2) is 42.9 Å². The Hall–Kier alpha value is -3.44. The fraction of sp³-hybridized carbons (Fsp3) is 0.647. The smallest absolute Gasteiger partial charge is 0.410 e. The zero-order chi connectivity index (χ0) is 31.6. The highest BCUT2D eigenvalue weighted by atomic mass is 16.6. The summed E-state index contributed by atoms with van der Waals surface area (Å²) in [5.74, 6) is -0.664. The minimum atomic E-state index is -1.15. The van der Waals surface area contributed by atoms with Crippen LogP contribution < -0.4 is 10.6 Å². The average molecular weight is 624 g/mol. The van der Waals surface area contributed by atoms with Gasteiger partial charge < -0.3 is 35.5 Å². The molecule has 2 heterocycles. The maximum Gasteiger partial charge on any atom is 0.410 e. The Morgan fingerprint density at radius 2 is 1.62 bits per heavy atom. The second-order valence-electron chi connectivity index (χ2n) is 13.1. The number of carbonyl (C=O) groups is 3. The van der Waals surface area contributed by atoms with E-state index in [9.17, 15) is 24.6 Å². The number of ether oxygens (including phenoxy) is 1. The molecule has 11 heteroatoms. The number of aliphatic hydroxyl groups excluding tert-OH is 2. The van der Waals surface area contributed by atoms with Crippen LogP contribution in [-0.2, 0) is 27.2 Å². The second-order valence-corrected chi connectivity index (χ2v) is 13.1. The first-order valence-electron chi connectivity index (χ1n) is 16.8. The molecular formula is C34H49N5O6. The van der Waals surface area contributed by atoms with Crippen molar-refractivity contribution in [2.75, 3.05) is 13.1 Å². The summed E-state index contributed by atoms with van der Waals surface area (Å²) in [6, 6.07) is 7.64. The molecule has 2 saturated carbocycles. The molecule has 3 amide bonds. The van der Waals surface area contributed by atoms with Crippen molar-refractivity contribution >= 4 is 17.9 Å². The van der Waals surface area contributed by atoms with Gasteiger partial charge in [-0.25, -0.2) is 9.78 Å². The quantitative estimate of drug-likeness (QED) is 0.216. The van der Waals surface area contributed by atoms with Crippen molar-refractivity contribution in [1.29, 1.82) is 0 Å². The topological polar surface area (TPSA) is 157 Å². The summed E-state index contributed by atoms with van der Waals surface area (Å²) in [5, 5.41) is 27.9. The average Bonchev–Trinajstić information content (AvgIpc) is 3.79. The number of rotatable bonds is 14. The minimum Gasteiger partial charge on any atom is -0.436 e. The number of imidazole rings is 1. The molecule has 1 aromatic heterocycles. The third-order valence-electron chi connectivity index (χ3n) is 9.53. The molecular weight excluding hydrogens is 574 g/mol. The van der Waals surface area contributed by atoms with Crippen LogP contribution in [0.1, 0.15) is 81.9 Å². The Balaban J connectivity index is 1.32. The lowest BCUT2D eigenvalue weighted by molar-refractivity contribution is -0.135. The van der Waals surface area contributed by atoms with Gasteiger partial charge in [0.05, 0.1) is 18.5 Å². The van der Waals surface area contributed by atoms with Crippen LogP contribution >= 0.6 is 0 Å². The minimum absolute atomic E-state index is 0.0413. The molecule has 2 aromatic rings. The summed E-state index contributed by atoms with van der Waals surface area (Å²) in [7, 11) is 0. The Labute approximate surface area is 265 Å². The Morgan fingerprint density at radius 3 is 2.29 bits per heavy atom. The number of nitrogens with one attached hydrogen (secondary N) is 3. The van der Waals surface area contributed by atoms with Crippen LogP contribution in [-0.4, -0.2) is 86.5 Å². The third-order valence-corrected chi connectivity index (χ3v) is 9.53. The van der Waals surface area contributed by atoms with Gasteiger partial charge >= 0.3 is 6.09 Å². The first-order valence-corrected chi connectivity index (χ1v) is 16.8. The summed E-state index contributed by atoms with van der Waals surface area (Å²) >= 11 is 0. The normalized spacial score (nSPS) is 20.8. The van der Waals surface area contributed by atoms with Crippen molar-refractivity contribution in [3.8, 4) is 0 Å². The fourth-order valence-electron chi connectivity index (χ4n) is 6.68. The summed E-state index contributed by atoms with van der Waals surface area (Å²) in [5.41, 5.74) is 1.46. The van der Waals surface area contributed by atoms with E-state index in [4.69, 9.17) is 4.74 Å². The molecule has 1 saturated heterocycles. The zero-order valence-electron chi connectivity index (χ0n) is 26.1. The van der Waals surface area contributed by atoms with Crippen molar-refractivity contribution < 1.29 is 29.3 Å². The lowest BCUT2D eigenvalue weighted by Gasteiger charge is -2.33. The number of likely N-dealkylation sites (tertiary alicyclic amines) is 1. The molecule has 0 bridgehead atoms. The van der Waals surface area contributed by atoms with Crippen molar-refractivity contribution in [3.05, 3.63) is 54.1 Å². The van der Waals surface area contributed by atoms with Crippen LogP contribution in [0.4, 0.5) is 4.79 Å². The van der Waals surface area contributed by atoms with E-state index in [0.717, 1.165) is 63.4 Å². The number of H-pyrrole nitrogens is 1. The van der Waals surface area contributed by atoms with Gasteiger partial charge in [0.25, 0.3) is 5.91 Å². The molecule has 3 fully saturated rings. The molecule has 246 valence electrons. The van der Waals surface area contributed by atoms with Gasteiger partial charge in [-0.15, -0.1) is 0 Å². The lowest BCUT2D eigenvalue weighted by Crippen LogP contribution is -2.57. The van der Waals surface area contributed by atoms with E-state index in [1.54, 1.807) is 11.1 Å². The van der Waals surface area contributed by atoms with E-state index in [1.165, 1.54) is 12.7 Å². The van der Waals surface area contributed by atoms with E-state index < -0.39 is 48.3 Å². The zero-order valence-corrected chi connectivity index (χ0v) is 26.1. The molecule has 45 heavy (non-hydrogen) atoms. The van der Waals surface area contributed by atoms with Gasteiger partial charge in [0.1, 0.15) is 12.1 Å². The monoisotopic (exact) mass is 623 g/mol. The number of nitrogens with zero attached hydrogens (tertiary/aromatic N) is 2. The summed E-state index contributed by atoms with van der Waals surface area (Å²) in [6.07, 6.45) is 10.2. The van der Waals surface area contributed by atoms with Gasteiger partial charge in [-0.1, -0.05) is 62.4 Å². The van der Waals surface area contributed by atoms with Gasteiger partial charge in [0.2, 0.25) is 5.91 Å². The number of carbonyl (C=O) groups excluding carboxylic acids is 3. The molecule has 2 aliphatic carbocycles. The lowest BCUT2D eigenvalue weighted by atomic mass is 9.82. The van der Waals surface area contributed by atoms with Crippen molar-refractivity contribution in [3.63, 3.8) is 0 Å². The molecule has 5 atom stereocenters. The highest BCUT2D eigenvalue weighted by Crippen LogP contribution is 2.36. The summed E-state index contributed by atoms with van der Waals surface area (Å²) in [6.45, 7) is 1.17. The molecule has 0 unspecified atom stereocenters. The molecule has 1 aromatic carbocycles.